The number of piperazine rings is 1. The van der Waals surface area contributed by atoms with E-state index < -0.39 is 0 Å². The first-order chi connectivity index (χ1) is 6.88. The van der Waals surface area contributed by atoms with Gasteiger partial charge in [0.2, 0.25) is 5.91 Å². The largest absolute Gasteiger partial charge is 0.340 e. The van der Waals surface area contributed by atoms with Crippen LogP contribution >= 0.6 is 0 Å². The third-order valence-electron chi connectivity index (χ3n) is 3.07. The van der Waals surface area contributed by atoms with E-state index in [0.717, 1.165) is 52.1 Å². The molecule has 14 heavy (non-hydrogen) atoms. The van der Waals surface area contributed by atoms with E-state index in [1.165, 1.54) is 0 Å². The van der Waals surface area contributed by atoms with Crippen LogP contribution in [0.4, 0.5) is 0 Å². The Balaban J connectivity index is 1.85. The fourth-order valence-corrected chi connectivity index (χ4v) is 2.21. The normalized spacial score (nSPS) is 28.9. The lowest BCUT2D eigenvalue weighted by atomic mass is 9.98. The SMILES string of the molecule is O=C([C@H]1CCCNC1)N1CCNCC1. The van der Waals surface area contributed by atoms with Crippen LogP contribution in [0.2, 0.25) is 0 Å². The molecule has 2 aliphatic rings. The maximum Gasteiger partial charge on any atom is 0.227 e. The molecule has 0 aromatic rings. The van der Waals surface area contributed by atoms with Gasteiger partial charge < -0.3 is 15.5 Å². The monoisotopic (exact) mass is 197 g/mol. The number of hydrogen-bond donors (Lipinski definition) is 2. The quantitative estimate of drug-likeness (QED) is 0.591. The number of amides is 1. The highest BCUT2D eigenvalue weighted by atomic mass is 16.2. The number of nitrogens with zero attached hydrogens (tertiary/aromatic N) is 1. The minimum atomic E-state index is 0.238. The van der Waals surface area contributed by atoms with Crippen molar-refractivity contribution in [2.24, 2.45) is 5.92 Å². The van der Waals surface area contributed by atoms with Gasteiger partial charge in [0.05, 0.1) is 5.92 Å². The van der Waals surface area contributed by atoms with E-state index >= 15 is 0 Å². The van der Waals surface area contributed by atoms with Gasteiger partial charge in [-0.2, -0.15) is 0 Å². The molecule has 0 unspecified atom stereocenters. The van der Waals surface area contributed by atoms with Gasteiger partial charge in [0.15, 0.2) is 0 Å². The van der Waals surface area contributed by atoms with E-state index in [9.17, 15) is 4.79 Å². The molecule has 1 atom stereocenters. The zero-order valence-electron chi connectivity index (χ0n) is 8.59. The van der Waals surface area contributed by atoms with E-state index in [1.807, 2.05) is 4.90 Å². The lowest BCUT2D eigenvalue weighted by Gasteiger charge is -2.32. The maximum atomic E-state index is 12.0. The lowest BCUT2D eigenvalue weighted by molar-refractivity contribution is -0.136. The minimum absolute atomic E-state index is 0.238. The van der Waals surface area contributed by atoms with Crippen molar-refractivity contribution in [3.63, 3.8) is 0 Å². The second-order valence-corrected chi connectivity index (χ2v) is 4.12. The maximum absolute atomic E-state index is 12.0. The summed E-state index contributed by atoms with van der Waals surface area (Å²) in [5.74, 6) is 0.598. The van der Waals surface area contributed by atoms with Crippen molar-refractivity contribution < 1.29 is 4.79 Å². The smallest absolute Gasteiger partial charge is 0.227 e. The van der Waals surface area contributed by atoms with Crippen molar-refractivity contribution in [1.82, 2.24) is 15.5 Å². The number of hydrogen-bond acceptors (Lipinski definition) is 3. The summed E-state index contributed by atoms with van der Waals surface area (Å²) in [6, 6.07) is 0. The van der Waals surface area contributed by atoms with Crippen LogP contribution in [0.15, 0.2) is 0 Å². The molecule has 2 rings (SSSR count). The van der Waals surface area contributed by atoms with E-state index in [4.69, 9.17) is 0 Å². The lowest BCUT2D eigenvalue weighted by Crippen LogP contribution is -2.50. The van der Waals surface area contributed by atoms with Gasteiger partial charge >= 0.3 is 0 Å². The van der Waals surface area contributed by atoms with Gasteiger partial charge in [-0.3, -0.25) is 4.79 Å². The summed E-state index contributed by atoms with van der Waals surface area (Å²) >= 11 is 0. The summed E-state index contributed by atoms with van der Waals surface area (Å²) in [6.07, 6.45) is 2.21. The van der Waals surface area contributed by atoms with Crippen molar-refractivity contribution in [1.29, 1.82) is 0 Å². The Labute approximate surface area is 85.0 Å². The van der Waals surface area contributed by atoms with Crippen LogP contribution in [-0.4, -0.2) is 50.1 Å². The summed E-state index contributed by atoms with van der Waals surface area (Å²) < 4.78 is 0. The van der Waals surface area contributed by atoms with E-state index in [1.54, 1.807) is 0 Å². The molecule has 0 aromatic carbocycles. The first-order valence-corrected chi connectivity index (χ1v) is 5.58. The summed E-state index contributed by atoms with van der Waals surface area (Å²) in [5, 5.41) is 6.55. The van der Waals surface area contributed by atoms with Gasteiger partial charge in [-0.15, -0.1) is 0 Å². The molecule has 0 aromatic heterocycles. The molecule has 2 saturated heterocycles. The first kappa shape index (κ1) is 9.93. The molecule has 0 spiro atoms. The molecule has 0 aliphatic carbocycles. The molecule has 2 fully saturated rings. The van der Waals surface area contributed by atoms with Gasteiger partial charge in [-0.1, -0.05) is 0 Å². The summed E-state index contributed by atoms with van der Waals surface area (Å²) in [6.45, 7) is 5.62. The highest BCUT2D eigenvalue weighted by molar-refractivity contribution is 5.79. The Morgan fingerprint density at radius 1 is 1.14 bits per heavy atom. The number of piperidine rings is 1. The molecule has 2 aliphatic heterocycles. The molecule has 0 radical (unpaired) electrons. The van der Waals surface area contributed by atoms with Gasteiger partial charge in [0.25, 0.3) is 0 Å². The summed E-state index contributed by atoms with van der Waals surface area (Å²) in [5.41, 5.74) is 0. The van der Waals surface area contributed by atoms with Crippen molar-refractivity contribution in [3.05, 3.63) is 0 Å². The van der Waals surface area contributed by atoms with Crippen LogP contribution in [-0.2, 0) is 4.79 Å². The average molecular weight is 197 g/mol. The number of rotatable bonds is 1. The second-order valence-electron chi connectivity index (χ2n) is 4.12. The van der Waals surface area contributed by atoms with E-state index in [2.05, 4.69) is 10.6 Å². The van der Waals surface area contributed by atoms with Gasteiger partial charge in [0, 0.05) is 32.7 Å². The van der Waals surface area contributed by atoms with Gasteiger partial charge in [0.1, 0.15) is 0 Å². The fourth-order valence-electron chi connectivity index (χ4n) is 2.21. The molecule has 4 nitrogen and oxygen atoms in total. The molecule has 4 heteroatoms. The van der Waals surface area contributed by atoms with Crippen LogP contribution in [0.1, 0.15) is 12.8 Å². The average Bonchev–Trinajstić information content (AvgIpc) is 2.30. The second kappa shape index (κ2) is 4.75. The molecule has 0 saturated carbocycles. The molecular weight excluding hydrogens is 178 g/mol. The molecule has 0 bridgehead atoms. The molecule has 2 heterocycles. The van der Waals surface area contributed by atoms with Crippen molar-refractivity contribution in [2.75, 3.05) is 39.3 Å². The van der Waals surface area contributed by atoms with Crippen LogP contribution in [0, 0.1) is 5.92 Å². The van der Waals surface area contributed by atoms with Crippen LogP contribution in [0.3, 0.4) is 0 Å². The predicted molar refractivity (Wildman–Crippen MR) is 55.0 cm³/mol. The Bertz CT molecular complexity index is 176. The van der Waals surface area contributed by atoms with Crippen LogP contribution in [0.5, 0.6) is 0 Å². The number of nitrogens with one attached hydrogen (secondary N) is 2. The molecular formula is C10H19N3O. The van der Waals surface area contributed by atoms with Crippen molar-refractivity contribution in [3.8, 4) is 0 Å². The van der Waals surface area contributed by atoms with Gasteiger partial charge in [-0.05, 0) is 19.4 Å². The standard InChI is InChI=1S/C10H19N3O/c14-10(9-2-1-3-12-8-9)13-6-4-11-5-7-13/h9,11-12H,1-8H2/t9-/m0/s1. The molecule has 1 amide bonds. The Kier molecular flexibility index (Phi) is 3.37. The predicted octanol–water partition coefficient (Wildman–Crippen LogP) is -0.582. The third-order valence-corrected chi connectivity index (χ3v) is 3.07. The summed E-state index contributed by atoms with van der Waals surface area (Å²) in [7, 11) is 0. The van der Waals surface area contributed by atoms with Crippen LogP contribution < -0.4 is 10.6 Å². The number of carbonyl (C=O) groups is 1. The third kappa shape index (κ3) is 2.25. The highest BCUT2D eigenvalue weighted by Gasteiger charge is 2.26. The number of carbonyl (C=O) groups excluding carboxylic acids is 1. The Morgan fingerprint density at radius 3 is 2.57 bits per heavy atom. The highest BCUT2D eigenvalue weighted by Crippen LogP contribution is 2.13. The minimum Gasteiger partial charge on any atom is -0.340 e. The van der Waals surface area contributed by atoms with E-state index in [-0.39, 0.29) is 5.92 Å². The molecule has 80 valence electrons. The van der Waals surface area contributed by atoms with Gasteiger partial charge in [-0.25, -0.2) is 0 Å². The first-order valence-electron chi connectivity index (χ1n) is 5.58. The zero-order chi connectivity index (χ0) is 9.80. The Hall–Kier alpha value is -0.610. The zero-order valence-corrected chi connectivity index (χ0v) is 8.59. The topological polar surface area (TPSA) is 44.4 Å². The summed E-state index contributed by atoms with van der Waals surface area (Å²) in [4.78, 5) is 14.0. The molecule has 2 N–H and O–H groups in total. The Morgan fingerprint density at radius 2 is 1.93 bits per heavy atom. The van der Waals surface area contributed by atoms with Crippen molar-refractivity contribution in [2.45, 2.75) is 12.8 Å². The fraction of sp³-hybridized carbons (Fsp3) is 0.900. The van der Waals surface area contributed by atoms with E-state index in [0.29, 0.717) is 5.91 Å². The van der Waals surface area contributed by atoms with Crippen LogP contribution in [0.25, 0.3) is 0 Å². The van der Waals surface area contributed by atoms with Crippen molar-refractivity contribution >= 4 is 5.91 Å².